The van der Waals surface area contributed by atoms with Crippen LogP contribution >= 0.6 is 0 Å². The Bertz CT molecular complexity index is 210. The third kappa shape index (κ3) is 12.7. The second-order valence-corrected chi connectivity index (χ2v) is 6.42. The SMILES string of the molecule is CCCCCCCCCC(CCCCCCC)C(C)=O. The van der Waals surface area contributed by atoms with Crippen LogP contribution in [0, 0.1) is 5.92 Å². The second kappa shape index (κ2) is 15.1. The summed E-state index contributed by atoms with van der Waals surface area (Å²) in [5.74, 6) is 0.777. The first-order valence-corrected chi connectivity index (χ1v) is 9.22. The summed E-state index contributed by atoms with van der Waals surface area (Å²) in [5, 5.41) is 0. The maximum Gasteiger partial charge on any atom is 0.132 e. The van der Waals surface area contributed by atoms with E-state index in [0.29, 0.717) is 11.7 Å². The number of hydrogen-bond acceptors (Lipinski definition) is 1. The zero-order valence-corrected chi connectivity index (χ0v) is 14.4. The van der Waals surface area contributed by atoms with E-state index in [9.17, 15) is 4.79 Å². The summed E-state index contributed by atoms with van der Waals surface area (Å²) in [6.45, 7) is 6.30. The first kappa shape index (κ1) is 19.7. The highest BCUT2D eigenvalue weighted by Crippen LogP contribution is 2.19. The van der Waals surface area contributed by atoms with Gasteiger partial charge in [0.25, 0.3) is 0 Å². The van der Waals surface area contributed by atoms with E-state index in [0.717, 1.165) is 12.8 Å². The van der Waals surface area contributed by atoms with Crippen molar-refractivity contribution in [1.29, 1.82) is 0 Å². The van der Waals surface area contributed by atoms with Crippen molar-refractivity contribution in [3.8, 4) is 0 Å². The van der Waals surface area contributed by atoms with E-state index in [4.69, 9.17) is 0 Å². The number of carbonyl (C=O) groups is 1. The smallest absolute Gasteiger partial charge is 0.132 e. The largest absolute Gasteiger partial charge is 0.300 e. The van der Waals surface area contributed by atoms with Crippen LogP contribution in [0.4, 0.5) is 0 Å². The van der Waals surface area contributed by atoms with Crippen molar-refractivity contribution in [3.63, 3.8) is 0 Å². The van der Waals surface area contributed by atoms with Gasteiger partial charge in [0.15, 0.2) is 0 Å². The Labute approximate surface area is 127 Å². The van der Waals surface area contributed by atoms with Crippen LogP contribution in [0.2, 0.25) is 0 Å². The number of hydrogen-bond donors (Lipinski definition) is 0. The fourth-order valence-electron chi connectivity index (χ4n) is 2.89. The molecule has 0 N–H and O–H groups in total. The van der Waals surface area contributed by atoms with E-state index in [1.54, 1.807) is 6.92 Å². The molecule has 0 aromatic carbocycles. The predicted octanol–water partition coefficient (Wildman–Crippen LogP) is 6.69. The summed E-state index contributed by atoms with van der Waals surface area (Å²) in [7, 11) is 0. The van der Waals surface area contributed by atoms with Gasteiger partial charge >= 0.3 is 0 Å². The summed E-state index contributed by atoms with van der Waals surface area (Å²) < 4.78 is 0. The third-order valence-corrected chi connectivity index (χ3v) is 4.39. The van der Waals surface area contributed by atoms with Crippen LogP contribution in [-0.4, -0.2) is 5.78 Å². The van der Waals surface area contributed by atoms with Gasteiger partial charge in [0.05, 0.1) is 0 Å². The fourth-order valence-corrected chi connectivity index (χ4v) is 2.89. The molecule has 0 fully saturated rings. The van der Waals surface area contributed by atoms with Gasteiger partial charge in [-0.05, 0) is 19.8 Å². The number of carbonyl (C=O) groups excluding carboxylic acids is 1. The molecule has 1 nitrogen and oxygen atoms in total. The molecule has 20 heavy (non-hydrogen) atoms. The molecule has 1 atom stereocenters. The van der Waals surface area contributed by atoms with E-state index in [-0.39, 0.29) is 0 Å². The Morgan fingerprint density at radius 1 is 0.650 bits per heavy atom. The third-order valence-electron chi connectivity index (χ3n) is 4.39. The van der Waals surface area contributed by atoms with E-state index < -0.39 is 0 Å². The molecule has 0 spiro atoms. The van der Waals surface area contributed by atoms with E-state index >= 15 is 0 Å². The van der Waals surface area contributed by atoms with Crippen molar-refractivity contribution in [3.05, 3.63) is 0 Å². The molecular formula is C19H38O. The molecule has 0 heterocycles. The lowest BCUT2D eigenvalue weighted by Crippen LogP contribution is -2.10. The summed E-state index contributed by atoms with van der Waals surface area (Å²) in [4.78, 5) is 11.7. The molecule has 0 aliphatic rings. The summed E-state index contributed by atoms with van der Waals surface area (Å²) in [5.41, 5.74) is 0. The normalized spacial score (nSPS) is 12.6. The van der Waals surface area contributed by atoms with Crippen LogP contribution in [0.25, 0.3) is 0 Å². The molecule has 0 aromatic heterocycles. The highest BCUT2D eigenvalue weighted by molar-refractivity contribution is 5.78. The average Bonchev–Trinajstić information content (AvgIpc) is 2.43. The van der Waals surface area contributed by atoms with Crippen LogP contribution in [0.3, 0.4) is 0 Å². The van der Waals surface area contributed by atoms with Gasteiger partial charge in [0.2, 0.25) is 0 Å². The van der Waals surface area contributed by atoms with Gasteiger partial charge in [-0.25, -0.2) is 0 Å². The van der Waals surface area contributed by atoms with Crippen LogP contribution in [-0.2, 0) is 4.79 Å². The summed E-state index contributed by atoms with van der Waals surface area (Å²) >= 11 is 0. The van der Waals surface area contributed by atoms with Crippen molar-refractivity contribution in [2.75, 3.05) is 0 Å². The molecule has 0 amide bonds. The topological polar surface area (TPSA) is 17.1 Å². The van der Waals surface area contributed by atoms with Gasteiger partial charge in [0, 0.05) is 5.92 Å². The Morgan fingerprint density at radius 2 is 1.00 bits per heavy atom. The van der Waals surface area contributed by atoms with Crippen LogP contribution in [0.1, 0.15) is 111 Å². The molecule has 0 aliphatic carbocycles. The predicted molar refractivity (Wildman–Crippen MR) is 90.2 cm³/mol. The second-order valence-electron chi connectivity index (χ2n) is 6.42. The van der Waals surface area contributed by atoms with Crippen molar-refractivity contribution in [2.24, 2.45) is 5.92 Å². The Kier molecular flexibility index (Phi) is 14.8. The lowest BCUT2D eigenvalue weighted by molar-refractivity contribution is -0.121. The molecule has 120 valence electrons. The first-order valence-electron chi connectivity index (χ1n) is 9.22. The highest BCUT2D eigenvalue weighted by atomic mass is 16.1. The summed E-state index contributed by atoms with van der Waals surface area (Å²) in [6, 6.07) is 0. The van der Waals surface area contributed by atoms with Gasteiger partial charge in [-0.3, -0.25) is 4.79 Å². The number of unbranched alkanes of at least 4 members (excludes halogenated alkanes) is 10. The average molecular weight is 283 g/mol. The molecule has 0 aromatic rings. The molecule has 0 aliphatic heterocycles. The van der Waals surface area contributed by atoms with Gasteiger partial charge in [-0.15, -0.1) is 0 Å². The van der Waals surface area contributed by atoms with Crippen LogP contribution in [0.5, 0.6) is 0 Å². The minimum Gasteiger partial charge on any atom is -0.300 e. The molecule has 0 saturated heterocycles. The Balaban J connectivity index is 3.52. The molecule has 1 unspecified atom stereocenters. The summed E-state index contributed by atoms with van der Waals surface area (Å²) in [6.07, 6.45) is 18.3. The number of rotatable bonds is 15. The van der Waals surface area contributed by atoms with Gasteiger partial charge in [0.1, 0.15) is 5.78 Å². The minimum atomic E-state index is 0.354. The number of Topliss-reactive ketones (excluding diaryl/α,β-unsaturated/α-hetero) is 1. The van der Waals surface area contributed by atoms with Gasteiger partial charge in [-0.2, -0.15) is 0 Å². The van der Waals surface area contributed by atoms with Gasteiger partial charge in [-0.1, -0.05) is 90.9 Å². The Hall–Kier alpha value is -0.330. The Morgan fingerprint density at radius 3 is 1.35 bits per heavy atom. The standard InChI is InChI=1S/C19H38O/c1-4-6-8-10-11-13-15-17-19(18(3)20)16-14-12-9-7-5-2/h19H,4-17H2,1-3H3. The minimum absolute atomic E-state index is 0.354. The molecule has 1 heteroatoms. The zero-order valence-electron chi connectivity index (χ0n) is 14.4. The maximum absolute atomic E-state index is 11.7. The van der Waals surface area contributed by atoms with Crippen LogP contribution in [0.15, 0.2) is 0 Å². The van der Waals surface area contributed by atoms with Crippen molar-refractivity contribution in [2.45, 2.75) is 111 Å². The number of ketones is 1. The lowest BCUT2D eigenvalue weighted by atomic mass is 9.91. The molecule has 0 bridgehead atoms. The molecule has 0 radical (unpaired) electrons. The van der Waals surface area contributed by atoms with E-state index in [1.807, 2.05) is 0 Å². The van der Waals surface area contributed by atoms with E-state index in [1.165, 1.54) is 77.0 Å². The molecule has 0 rings (SSSR count). The monoisotopic (exact) mass is 282 g/mol. The first-order chi connectivity index (χ1) is 9.72. The van der Waals surface area contributed by atoms with Crippen molar-refractivity contribution >= 4 is 5.78 Å². The highest BCUT2D eigenvalue weighted by Gasteiger charge is 2.13. The molecule has 0 saturated carbocycles. The van der Waals surface area contributed by atoms with Crippen molar-refractivity contribution in [1.82, 2.24) is 0 Å². The van der Waals surface area contributed by atoms with Gasteiger partial charge < -0.3 is 0 Å². The zero-order chi connectivity index (χ0) is 15.1. The fraction of sp³-hybridized carbons (Fsp3) is 0.947. The lowest BCUT2D eigenvalue weighted by Gasteiger charge is -2.13. The van der Waals surface area contributed by atoms with Crippen molar-refractivity contribution < 1.29 is 4.79 Å². The molecular weight excluding hydrogens is 244 g/mol. The van der Waals surface area contributed by atoms with E-state index in [2.05, 4.69) is 13.8 Å². The quantitative estimate of drug-likeness (QED) is 0.306. The van der Waals surface area contributed by atoms with Crippen LogP contribution < -0.4 is 0 Å². The maximum atomic E-state index is 11.7.